The van der Waals surface area contributed by atoms with Gasteiger partial charge < -0.3 is 5.73 Å². The zero-order valence-corrected chi connectivity index (χ0v) is 11.7. The Hall–Kier alpha value is -1.19. The Morgan fingerprint density at radius 1 is 1.11 bits per heavy atom. The lowest BCUT2D eigenvalue weighted by molar-refractivity contribution is 0.624. The highest BCUT2D eigenvalue weighted by atomic mass is 32.1. The van der Waals surface area contributed by atoms with Gasteiger partial charge in [-0.2, -0.15) is 0 Å². The number of hydrogen-bond donors (Lipinski definition) is 1. The fourth-order valence-electron chi connectivity index (χ4n) is 2.71. The van der Waals surface area contributed by atoms with Crippen molar-refractivity contribution < 1.29 is 4.39 Å². The minimum Gasteiger partial charge on any atom is -0.320 e. The summed E-state index contributed by atoms with van der Waals surface area (Å²) in [6.45, 7) is 0. The van der Waals surface area contributed by atoms with Crippen molar-refractivity contribution in [3.05, 3.63) is 57.0 Å². The first-order valence-electron chi connectivity index (χ1n) is 6.86. The quantitative estimate of drug-likeness (QED) is 0.817. The molecule has 1 unspecified atom stereocenters. The molecule has 100 valence electrons. The molecular formula is C16H18FNS. The molecule has 0 aliphatic heterocycles. The highest BCUT2D eigenvalue weighted by Crippen LogP contribution is 2.33. The zero-order valence-electron chi connectivity index (χ0n) is 10.9. The van der Waals surface area contributed by atoms with Gasteiger partial charge in [0, 0.05) is 9.75 Å². The molecule has 0 spiro atoms. The second-order valence-corrected chi connectivity index (χ2v) is 6.36. The molecule has 3 rings (SSSR count). The van der Waals surface area contributed by atoms with Crippen LogP contribution in [0.1, 0.15) is 46.2 Å². The van der Waals surface area contributed by atoms with Crippen LogP contribution in [0.15, 0.2) is 30.3 Å². The molecule has 1 aliphatic carbocycles. The Bertz CT molecular complexity index is 552. The molecule has 0 amide bonds. The Balaban J connectivity index is 1.90. The van der Waals surface area contributed by atoms with Gasteiger partial charge >= 0.3 is 0 Å². The predicted molar refractivity (Wildman–Crippen MR) is 78.0 cm³/mol. The van der Waals surface area contributed by atoms with Gasteiger partial charge in [-0.3, -0.25) is 0 Å². The van der Waals surface area contributed by atoms with Crippen molar-refractivity contribution in [2.75, 3.05) is 0 Å². The van der Waals surface area contributed by atoms with Crippen LogP contribution in [0.5, 0.6) is 0 Å². The van der Waals surface area contributed by atoms with Crippen LogP contribution in [0, 0.1) is 5.82 Å². The molecule has 1 nitrogen and oxygen atoms in total. The average Bonchev–Trinajstić information content (AvgIpc) is 2.69. The number of fused-ring (bicyclic) bond motifs is 1. The lowest BCUT2D eigenvalue weighted by Gasteiger charge is -2.09. The average molecular weight is 275 g/mol. The molecule has 3 heteroatoms. The highest BCUT2D eigenvalue weighted by molar-refractivity contribution is 7.12. The van der Waals surface area contributed by atoms with Gasteiger partial charge in [0.2, 0.25) is 0 Å². The van der Waals surface area contributed by atoms with E-state index in [0.717, 1.165) is 10.4 Å². The molecule has 1 atom stereocenters. The molecule has 0 saturated heterocycles. The van der Waals surface area contributed by atoms with Gasteiger partial charge in [0.15, 0.2) is 0 Å². The summed E-state index contributed by atoms with van der Waals surface area (Å²) in [5.41, 5.74) is 8.60. The molecule has 2 N–H and O–H groups in total. The standard InChI is InChI=1S/C16H18FNS/c17-13-7-4-6-12(9-13)16(18)15-10-11-5-2-1-3-8-14(11)19-15/h4,6-7,9-10,16H,1-3,5,8,18H2. The summed E-state index contributed by atoms with van der Waals surface area (Å²) < 4.78 is 13.3. The number of aryl methyl sites for hydroxylation is 2. The first-order valence-corrected chi connectivity index (χ1v) is 7.68. The first kappa shape index (κ1) is 12.8. The molecule has 0 bridgehead atoms. The summed E-state index contributed by atoms with van der Waals surface area (Å²) >= 11 is 1.81. The molecule has 1 aromatic heterocycles. The smallest absolute Gasteiger partial charge is 0.123 e. The third kappa shape index (κ3) is 2.72. The minimum absolute atomic E-state index is 0.201. The summed E-state index contributed by atoms with van der Waals surface area (Å²) in [6, 6.07) is 8.66. The number of hydrogen-bond acceptors (Lipinski definition) is 2. The van der Waals surface area contributed by atoms with E-state index in [1.54, 1.807) is 6.07 Å². The van der Waals surface area contributed by atoms with E-state index in [4.69, 9.17) is 5.73 Å². The maximum atomic E-state index is 13.3. The van der Waals surface area contributed by atoms with E-state index < -0.39 is 0 Å². The molecule has 2 aromatic rings. The van der Waals surface area contributed by atoms with Crippen molar-refractivity contribution in [2.24, 2.45) is 5.73 Å². The first-order chi connectivity index (χ1) is 9.24. The largest absolute Gasteiger partial charge is 0.320 e. The number of benzene rings is 1. The molecule has 1 heterocycles. The van der Waals surface area contributed by atoms with Gasteiger partial charge in [0.25, 0.3) is 0 Å². The zero-order chi connectivity index (χ0) is 13.2. The van der Waals surface area contributed by atoms with Crippen molar-refractivity contribution in [2.45, 2.75) is 38.1 Å². The fraction of sp³-hybridized carbons (Fsp3) is 0.375. The summed E-state index contributed by atoms with van der Waals surface area (Å²) in [5.74, 6) is -0.217. The van der Waals surface area contributed by atoms with Gasteiger partial charge in [-0.05, 0) is 55.0 Å². The monoisotopic (exact) mass is 275 g/mol. The van der Waals surface area contributed by atoms with E-state index in [1.165, 1.54) is 54.7 Å². The number of rotatable bonds is 2. The van der Waals surface area contributed by atoms with Crippen LogP contribution in [0.3, 0.4) is 0 Å². The number of thiophene rings is 1. The number of nitrogens with two attached hydrogens (primary N) is 1. The Kier molecular flexibility index (Phi) is 3.67. The van der Waals surface area contributed by atoms with Crippen molar-refractivity contribution in [3.8, 4) is 0 Å². The Labute approximate surface area is 117 Å². The van der Waals surface area contributed by atoms with Crippen LogP contribution in [0.25, 0.3) is 0 Å². The van der Waals surface area contributed by atoms with Gasteiger partial charge in [0.1, 0.15) is 5.82 Å². The molecule has 0 fully saturated rings. The van der Waals surface area contributed by atoms with E-state index in [0.29, 0.717) is 0 Å². The lowest BCUT2D eigenvalue weighted by atomic mass is 10.0. The maximum absolute atomic E-state index is 13.3. The van der Waals surface area contributed by atoms with Gasteiger partial charge in [-0.15, -0.1) is 11.3 Å². The van der Waals surface area contributed by atoms with Crippen LogP contribution < -0.4 is 5.73 Å². The molecule has 0 saturated carbocycles. The molecule has 1 aliphatic rings. The third-order valence-corrected chi connectivity index (χ3v) is 5.10. The normalized spacial score (nSPS) is 16.7. The predicted octanol–water partition coefficient (Wildman–Crippen LogP) is 4.20. The Morgan fingerprint density at radius 2 is 1.95 bits per heavy atom. The van der Waals surface area contributed by atoms with E-state index in [-0.39, 0.29) is 11.9 Å². The second-order valence-electron chi connectivity index (χ2n) is 5.19. The highest BCUT2D eigenvalue weighted by Gasteiger charge is 2.17. The summed E-state index contributed by atoms with van der Waals surface area (Å²) in [7, 11) is 0. The van der Waals surface area contributed by atoms with Crippen LogP contribution in [-0.2, 0) is 12.8 Å². The van der Waals surface area contributed by atoms with Gasteiger partial charge in [-0.25, -0.2) is 4.39 Å². The lowest BCUT2D eigenvalue weighted by Crippen LogP contribution is -2.10. The van der Waals surface area contributed by atoms with Crippen LogP contribution in [-0.4, -0.2) is 0 Å². The molecule has 1 aromatic carbocycles. The number of halogens is 1. The molecular weight excluding hydrogens is 257 g/mol. The van der Waals surface area contributed by atoms with E-state index >= 15 is 0 Å². The van der Waals surface area contributed by atoms with Crippen LogP contribution in [0.4, 0.5) is 4.39 Å². The van der Waals surface area contributed by atoms with Crippen molar-refractivity contribution in [3.63, 3.8) is 0 Å². The topological polar surface area (TPSA) is 26.0 Å². The fourth-order valence-corrected chi connectivity index (χ4v) is 4.00. The summed E-state index contributed by atoms with van der Waals surface area (Å²) in [4.78, 5) is 2.65. The van der Waals surface area contributed by atoms with E-state index in [1.807, 2.05) is 17.4 Å². The van der Waals surface area contributed by atoms with E-state index in [9.17, 15) is 4.39 Å². The second kappa shape index (κ2) is 5.43. The molecule has 19 heavy (non-hydrogen) atoms. The summed E-state index contributed by atoms with van der Waals surface area (Å²) in [6.07, 6.45) is 6.23. The maximum Gasteiger partial charge on any atom is 0.123 e. The van der Waals surface area contributed by atoms with Crippen LogP contribution in [0.2, 0.25) is 0 Å². The Morgan fingerprint density at radius 3 is 2.79 bits per heavy atom. The SMILES string of the molecule is NC(c1cccc(F)c1)c1cc2c(s1)CCCCC2. The van der Waals surface area contributed by atoms with Crippen LogP contribution >= 0.6 is 11.3 Å². The molecule has 0 radical (unpaired) electrons. The minimum atomic E-state index is -0.217. The van der Waals surface area contributed by atoms with Gasteiger partial charge in [-0.1, -0.05) is 18.6 Å². The van der Waals surface area contributed by atoms with E-state index in [2.05, 4.69) is 6.07 Å². The van der Waals surface area contributed by atoms with Crippen molar-refractivity contribution in [1.82, 2.24) is 0 Å². The van der Waals surface area contributed by atoms with Crippen molar-refractivity contribution >= 4 is 11.3 Å². The van der Waals surface area contributed by atoms with Gasteiger partial charge in [0.05, 0.1) is 6.04 Å². The third-order valence-electron chi connectivity index (χ3n) is 3.78. The summed E-state index contributed by atoms with van der Waals surface area (Å²) in [5, 5.41) is 0. The van der Waals surface area contributed by atoms with Crippen molar-refractivity contribution in [1.29, 1.82) is 0 Å².